The number of rotatable bonds is 4. The average Bonchev–Trinajstić information content (AvgIpc) is 2.40. The van der Waals surface area contributed by atoms with E-state index in [9.17, 15) is 9.18 Å². The molecule has 1 N–H and O–H groups in total. The van der Waals surface area contributed by atoms with Crippen LogP contribution in [0.15, 0.2) is 42.5 Å². The maximum absolute atomic E-state index is 13.0. The molecule has 104 valence electrons. The Morgan fingerprint density at radius 2 is 2.10 bits per heavy atom. The summed E-state index contributed by atoms with van der Waals surface area (Å²) in [6.45, 7) is 1.77. The summed E-state index contributed by atoms with van der Waals surface area (Å²) in [4.78, 5) is 11.7. The van der Waals surface area contributed by atoms with Crippen LogP contribution in [0.4, 0.5) is 10.1 Å². The Labute approximate surface area is 121 Å². The number of nitrogens with one attached hydrogen (secondary N) is 1. The average molecular weight is 294 g/mol. The van der Waals surface area contributed by atoms with Crippen LogP contribution in [0.5, 0.6) is 5.75 Å². The van der Waals surface area contributed by atoms with E-state index in [4.69, 9.17) is 16.3 Å². The van der Waals surface area contributed by atoms with Crippen LogP contribution >= 0.6 is 11.6 Å². The van der Waals surface area contributed by atoms with Crippen molar-refractivity contribution >= 4 is 23.2 Å². The van der Waals surface area contributed by atoms with E-state index in [1.807, 2.05) is 25.1 Å². The van der Waals surface area contributed by atoms with Gasteiger partial charge in [0.2, 0.25) is 0 Å². The minimum Gasteiger partial charge on any atom is -0.484 e. The van der Waals surface area contributed by atoms with Crippen molar-refractivity contribution < 1.29 is 13.9 Å². The molecule has 0 heterocycles. The van der Waals surface area contributed by atoms with Gasteiger partial charge in [-0.25, -0.2) is 4.39 Å². The fourth-order valence-electron chi connectivity index (χ4n) is 1.64. The highest BCUT2D eigenvalue weighted by Crippen LogP contribution is 2.21. The fraction of sp³-hybridized carbons (Fsp3) is 0.133. The van der Waals surface area contributed by atoms with Crippen molar-refractivity contribution in [1.82, 2.24) is 0 Å². The van der Waals surface area contributed by atoms with Crippen LogP contribution in [-0.4, -0.2) is 12.5 Å². The summed E-state index contributed by atoms with van der Waals surface area (Å²) in [7, 11) is 0. The lowest BCUT2D eigenvalue weighted by Crippen LogP contribution is -2.20. The first-order valence-corrected chi connectivity index (χ1v) is 6.37. The normalized spacial score (nSPS) is 10.2. The zero-order valence-electron chi connectivity index (χ0n) is 10.8. The van der Waals surface area contributed by atoms with E-state index in [1.54, 1.807) is 6.07 Å². The van der Waals surface area contributed by atoms with Crippen molar-refractivity contribution in [3.05, 3.63) is 58.9 Å². The molecule has 20 heavy (non-hydrogen) atoms. The van der Waals surface area contributed by atoms with E-state index in [0.717, 1.165) is 5.56 Å². The van der Waals surface area contributed by atoms with Gasteiger partial charge in [0.25, 0.3) is 5.91 Å². The van der Waals surface area contributed by atoms with Crippen LogP contribution in [0.1, 0.15) is 5.56 Å². The Balaban J connectivity index is 1.90. The molecular weight excluding hydrogens is 281 g/mol. The van der Waals surface area contributed by atoms with E-state index in [-0.39, 0.29) is 17.5 Å². The number of carbonyl (C=O) groups excluding carboxylic acids is 1. The Morgan fingerprint density at radius 1 is 1.30 bits per heavy atom. The van der Waals surface area contributed by atoms with Gasteiger partial charge < -0.3 is 10.1 Å². The molecule has 0 aliphatic carbocycles. The van der Waals surface area contributed by atoms with E-state index >= 15 is 0 Å². The van der Waals surface area contributed by atoms with Crippen LogP contribution in [-0.2, 0) is 4.79 Å². The summed E-state index contributed by atoms with van der Waals surface area (Å²) in [6.07, 6.45) is 0. The summed E-state index contributed by atoms with van der Waals surface area (Å²) in [5, 5.41) is 2.67. The minimum atomic E-state index is -0.525. The molecule has 0 aromatic heterocycles. The first-order chi connectivity index (χ1) is 9.54. The summed E-state index contributed by atoms with van der Waals surface area (Å²) < 4.78 is 18.2. The van der Waals surface area contributed by atoms with Crippen LogP contribution in [0.3, 0.4) is 0 Å². The zero-order chi connectivity index (χ0) is 14.5. The lowest BCUT2D eigenvalue weighted by atomic mass is 10.2. The first kappa shape index (κ1) is 14.3. The molecule has 0 fully saturated rings. The topological polar surface area (TPSA) is 38.3 Å². The second-order valence-corrected chi connectivity index (χ2v) is 4.69. The standard InChI is InChI=1S/C15H13ClFNO2/c1-10-3-2-4-11(7-10)18-15(19)9-20-12-5-6-14(17)13(16)8-12/h2-8H,9H2,1H3,(H,18,19). The van der Waals surface area contributed by atoms with E-state index in [2.05, 4.69) is 5.32 Å². The van der Waals surface area contributed by atoms with Crippen LogP contribution in [0.25, 0.3) is 0 Å². The molecule has 0 atom stereocenters. The lowest BCUT2D eigenvalue weighted by Gasteiger charge is -2.08. The number of ether oxygens (including phenoxy) is 1. The Bertz CT molecular complexity index is 631. The van der Waals surface area contributed by atoms with Crippen molar-refractivity contribution in [2.45, 2.75) is 6.92 Å². The van der Waals surface area contributed by atoms with Crippen molar-refractivity contribution in [1.29, 1.82) is 0 Å². The molecule has 0 aliphatic heterocycles. The molecule has 0 unspecified atom stereocenters. The number of anilines is 1. The predicted molar refractivity (Wildman–Crippen MR) is 76.7 cm³/mol. The van der Waals surface area contributed by atoms with Gasteiger partial charge in [-0.2, -0.15) is 0 Å². The highest BCUT2D eigenvalue weighted by molar-refractivity contribution is 6.30. The fourth-order valence-corrected chi connectivity index (χ4v) is 1.81. The molecule has 1 amide bonds. The van der Waals surface area contributed by atoms with Crippen molar-refractivity contribution in [2.75, 3.05) is 11.9 Å². The third-order valence-electron chi connectivity index (χ3n) is 2.56. The van der Waals surface area contributed by atoms with E-state index in [1.165, 1.54) is 18.2 Å². The number of hydrogen-bond acceptors (Lipinski definition) is 2. The summed E-state index contributed by atoms with van der Waals surface area (Å²) in [6, 6.07) is 11.4. The molecular formula is C15H13ClFNO2. The number of amides is 1. The Kier molecular flexibility index (Phi) is 4.58. The van der Waals surface area contributed by atoms with Gasteiger partial charge in [-0.05, 0) is 36.8 Å². The number of aryl methyl sites for hydroxylation is 1. The third-order valence-corrected chi connectivity index (χ3v) is 2.85. The molecule has 0 saturated heterocycles. The zero-order valence-corrected chi connectivity index (χ0v) is 11.6. The molecule has 2 aromatic carbocycles. The maximum Gasteiger partial charge on any atom is 0.262 e. The number of benzene rings is 2. The predicted octanol–water partition coefficient (Wildman–Crippen LogP) is 3.81. The summed E-state index contributed by atoms with van der Waals surface area (Å²) >= 11 is 5.62. The van der Waals surface area contributed by atoms with Crippen molar-refractivity contribution in [3.8, 4) is 5.75 Å². The van der Waals surface area contributed by atoms with E-state index in [0.29, 0.717) is 11.4 Å². The molecule has 0 radical (unpaired) electrons. The van der Waals surface area contributed by atoms with E-state index < -0.39 is 5.82 Å². The van der Waals surface area contributed by atoms with Crippen LogP contribution in [0.2, 0.25) is 5.02 Å². The van der Waals surface area contributed by atoms with Crippen molar-refractivity contribution in [2.24, 2.45) is 0 Å². The smallest absolute Gasteiger partial charge is 0.262 e. The lowest BCUT2D eigenvalue weighted by molar-refractivity contribution is -0.118. The number of halogens is 2. The van der Waals surface area contributed by atoms with Gasteiger partial charge in [0, 0.05) is 11.8 Å². The van der Waals surface area contributed by atoms with Crippen LogP contribution in [0, 0.1) is 12.7 Å². The largest absolute Gasteiger partial charge is 0.484 e. The second kappa shape index (κ2) is 6.39. The minimum absolute atomic E-state index is 0.0402. The van der Waals surface area contributed by atoms with Gasteiger partial charge in [0.15, 0.2) is 6.61 Å². The molecule has 3 nitrogen and oxygen atoms in total. The highest BCUT2D eigenvalue weighted by atomic mass is 35.5. The Hall–Kier alpha value is -2.07. The molecule has 2 aromatic rings. The van der Waals surface area contributed by atoms with Gasteiger partial charge in [0.1, 0.15) is 11.6 Å². The van der Waals surface area contributed by atoms with Gasteiger partial charge >= 0.3 is 0 Å². The third kappa shape index (κ3) is 3.96. The molecule has 5 heteroatoms. The molecule has 2 rings (SSSR count). The summed E-state index contributed by atoms with van der Waals surface area (Å²) in [5.74, 6) is -0.477. The second-order valence-electron chi connectivity index (χ2n) is 4.28. The van der Waals surface area contributed by atoms with Gasteiger partial charge in [-0.15, -0.1) is 0 Å². The number of carbonyl (C=O) groups is 1. The maximum atomic E-state index is 13.0. The quantitative estimate of drug-likeness (QED) is 0.931. The van der Waals surface area contributed by atoms with Gasteiger partial charge in [-0.1, -0.05) is 23.7 Å². The van der Waals surface area contributed by atoms with Crippen LogP contribution < -0.4 is 10.1 Å². The number of hydrogen-bond donors (Lipinski definition) is 1. The molecule has 0 saturated carbocycles. The summed E-state index contributed by atoms with van der Waals surface area (Å²) in [5.41, 5.74) is 1.75. The SMILES string of the molecule is Cc1cccc(NC(=O)COc2ccc(F)c(Cl)c2)c1. The first-order valence-electron chi connectivity index (χ1n) is 5.99. The monoisotopic (exact) mass is 293 g/mol. The molecule has 0 aliphatic rings. The van der Waals surface area contributed by atoms with Crippen molar-refractivity contribution in [3.63, 3.8) is 0 Å². The van der Waals surface area contributed by atoms with Gasteiger partial charge in [0.05, 0.1) is 5.02 Å². The molecule has 0 bridgehead atoms. The molecule has 0 spiro atoms. The Morgan fingerprint density at radius 3 is 2.80 bits per heavy atom. The highest BCUT2D eigenvalue weighted by Gasteiger charge is 2.06. The van der Waals surface area contributed by atoms with Gasteiger partial charge in [-0.3, -0.25) is 4.79 Å².